The molecule has 0 aliphatic carbocycles. The van der Waals surface area contributed by atoms with Crippen molar-refractivity contribution >= 4 is 21.6 Å². The molecule has 0 bridgehead atoms. The van der Waals surface area contributed by atoms with Crippen molar-refractivity contribution in [3.05, 3.63) is 29.7 Å². The standard InChI is InChI=1S/C19H25N3O6S/c1-12-18(13(2)28-21-12)29(24,25)22-7-5-6-14(11-22)19(23)20-15-8-16(26-3)10-17(9-15)27-4/h8-10,14H,5-7,11H2,1-4H3,(H,20,23). The van der Waals surface area contributed by atoms with Crippen molar-refractivity contribution in [3.63, 3.8) is 0 Å². The van der Waals surface area contributed by atoms with Gasteiger partial charge in [0, 0.05) is 37.0 Å². The van der Waals surface area contributed by atoms with Gasteiger partial charge in [0.2, 0.25) is 15.9 Å². The van der Waals surface area contributed by atoms with Crippen LogP contribution in [0.1, 0.15) is 24.3 Å². The van der Waals surface area contributed by atoms with E-state index in [1.54, 1.807) is 32.0 Å². The molecular weight excluding hydrogens is 398 g/mol. The summed E-state index contributed by atoms with van der Waals surface area (Å²) in [7, 11) is -0.730. The highest BCUT2D eigenvalue weighted by atomic mass is 32.2. The molecule has 2 aromatic rings. The molecule has 1 aromatic heterocycles. The molecule has 1 fully saturated rings. The minimum absolute atomic E-state index is 0.0797. The van der Waals surface area contributed by atoms with E-state index in [2.05, 4.69) is 10.5 Å². The number of anilines is 1. The largest absolute Gasteiger partial charge is 0.497 e. The Kier molecular flexibility index (Phi) is 6.13. The lowest BCUT2D eigenvalue weighted by atomic mass is 9.98. The molecule has 1 N–H and O–H groups in total. The molecule has 1 aliphatic heterocycles. The normalized spacial score (nSPS) is 17.7. The lowest BCUT2D eigenvalue weighted by molar-refractivity contribution is -0.120. The first kappa shape index (κ1) is 21.1. The van der Waals surface area contributed by atoms with E-state index in [1.165, 1.54) is 18.5 Å². The maximum Gasteiger partial charge on any atom is 0.248 e. The average Bonchev–Trinajstić information content (AvgIpc) is 3.06. The summed E-state index contributed by atoms with van der Waals surface area (Å²) in [5.41, 5.74) is 0.842. The Bertz CT molecular complexity index is 960. The molecule has 3 rings (SSSR count). The number of methoxy groups -OCH3 is 2. The van der Waals surface area contributed by atoms with Crippen LogP contribution < -0.4 is 14.8 Å². The van der Waals surface area contributed by atoms with Gasteiger partial charge in [0.25, 0.3) is 0 Å². The van der Waals surface area contributed by atoms with Crippen molar-refractivity contribution in [2.75, 3.05) is 32.6 Å². The summed E-state index contributed by atoms with van der Waals surface area (Å²) < 4.78 is 42.9. The summed E-state index contributed by atoms with van der Waals surface area (Å²) >= 11 is 0. The Morgan fingerprint density at radius 2 is 1.86 bits per heavy atom. The second kappa shape index (κ2) is 8.42. The smallest absolute Gasteiger partial charge is 0.248 e. The quantitative estimate of drug-likeness (QED) is 0.759. The highest BCUT2D eigenvalue weighted by Gasteiger charge is 2.36. The first-order valence-electron chi connectivity index (χ1n) is 9.23. The summed E-state index contributed by atoms with van der Waals surface area (Å²) in [6.07, 6.45) is 1.18. The van der Waals surface area contributed by atoms with Gasteiger partial charge in [0.15, 0.2) is 5.76 Å². The number of sulfonamides is 1. The first-order valence-corrected chi connectivity index (χ1v) is 10.7. The second-order valence-electron chi connectivity index (χ2n) is 6.95. The van der Waals surface area contributed by atoms with E-state index < -0.39 is 15.9 Å². The van der Waals surface area contributed by atoms with Gasteiger partial charge in [-0.3, -0.25) is 4.79 Å². The Balaban J connectivity index is 1.76. The lowest BCUT2D eigenvalue weighted by Gasteiger charge is -2.31. The molecule has 10 heteroatoms. The fraction of sp³-hybridized carbons (Fsp3) is 0.474. The Morgan fingerprint density at radius 1 is 1.21 bits per heavy atom. The molecule has 1 saturated heterocycles. The van der Waals surface area contributed by atoms with Gasteiger partial charge in [-0.25, -0.2) is 8.42 Å². The van der Waals surface area contributed by atoms with Crippen LogP contribution >= 0.6 is 0 Å². The number of nitrogens with one attached hydrogen (secondary N) is 1. The molecule has 1 aromatic carbocycles. The van der Waals surface area contributed by atoms with E-state index in [-0.39, 0.29) is 23.1 Å². The topological polar surface area (TPSA) is 111 Å². The van der Waals surface area contributed by atoms with Crippen LogP contribution in [0.15, 0.2) is 27.6 Å². The Labute approximate surface area is 170 Å². The third kappa shape index (κ3) is 4.38. The number of hydrogen-bond acceptors (Lipinski definition) is 7. The third-order valence-corrected chi connectivity index (χ3v) is 7.05. The van der Waals surface area contributed by atoms with Gasteiger partial charge < -0.3 is 19.3 Å². The zero-order chi connectivity index (χ0) is 21.2. The van der Waals surface area contributed by atoms with Gasteiger partial charge in [-0.05, 0) is 26.7 Å². The number of nitrogens with zero attached hydrogens (tertiary/aromatic N) is 2. The minimum Gasteiger partial charge on any atom is -0.497 e. The number of hydrogen-bond donors (Lipinski definition) is 1. The maximum absolute atomic E-state index is 13.0. The molecule has 1 amide bonds. The fourth-order valence-electron chi connectivity index (χ4n) is 3.47. The summed E-state index contributed by atoms with van der Waals surface area (Å²) in [6.45, 7) is 3.60. The number of aromatic nitrogens is 1. The SMILES string of the molecule is COc1cc(NC(=O)C2CCCN(S(=O)(=O)c3c(C)noc3C)C2)cc(OC)c1. The molecule has 0 radical (unpaired) electrons. The number of carbonyl (C=O) groups excluding carboxylic acids is 1. The third-order valence-electron chi connectivity index (χ3n) is 4.94. The van der Waals surface area contributed by atoms with Crippen LogP contribution in [0, 0.1) is 19.8 Å². The van der Waals surface area contributed by atoms with Crippen LogP contribution in [0.25, 0.3) is 0 Å². The van der Waals surface area contributed by atoms with Crippen LogP contribution in [-0.4, -0.2) is 51.1 Å². The highest BCUT2D eigenvalue weighted by Crippen LogP contribution is 2.30. The molecule has 1 atom stereocenters. The average molecular weight is 423 g/mol. The molecule has 0 spiro atoms. The number of piperidine rings is 1. The number of ether oxygens (including phenoxy) is 2. The predicted octanol–water partition coefficient (Wildman–Crippen LogP) is 2.35. The minimum atomic E-state index is -3.78. The molecule has 29 heavy (non-hydrogen) atoms. The van der Waals surface area contributed by atoms with Gasteiger partial charge in [0.1, 0.15) is 22.1 Å². The predicted molar refractivity (Wildman–Crippen MR) is 106 cm³/mol. The highest BCUT2D eigenvalue weighted by molar-refractivity contribution is 7.89. The van der Waals surface area contributed by atoms with Crippen molar-refractivity contribution in [2.45, 2.75) is 31.6 Å². The van der Waals surface area contributed by atoms with Crippen molar-refractivity contribution in [1.82, 2.24) is 9.46 Å². The number of carbonyl (C=O) groups is 1. The zero-order valence-corrected chi connectivity index (χ0v) is 17.7. The van der Waals surface area contributed by atoms with E-state index in [9.17, 15) is 13.2 Å². The second-order valence-corrected chi connectivity index (χ2v) is 8.82. The summed E-state index contributed by atoms with van der Waals surface area (Å²) in [5.74, 6) is 0.615. The number of rotatable bonds is 6. The van der Waals surface area contributed by atoms with Gasteiger partial charge in [-0.15, -0.1) is 0 Å². The molecule has 9 nitrogen and oxygen atoms in total. The first-order chi connectivity index (χ1) is 13.8. The summed E-state index contributed by atoms with van der Waals surface area (Å²) in [6, 6.07) is 5.07. The van der Waals surface area contributed by atoms with E-state index in [0.717, 1.165) is 0 Å². The van der Waals surface area contributed by atoms with Crippen LogP contribution in [0.4, 0.5) is 5.69 Å². The molecular formula is C19H25N3O6S. The number of aryl methyl sites for hydroxylation is 2. The van der Waals surface area contributed by atoms with Crippen LogP contribution in [0.5, 0.6) is 11.5 Å². The molecule has 1 unspecified atom stereocenters. The van der Waals surface area contributed by atoms with E-state index >= 15 is 0 Å². The van der Waals surface area contributed by atoms with Crippen molar-refractivity contribution in [2.24, 2.45) is 5.92 Å². The fourth-order valence-corrected chi connectivity index (χ4v) is 5.29. The van der Waals surface area contributed by atoms with Crippen molar-refractivity contribution < 1.29 is 27.2 Å². The molecule has 0 saturated carbocycles. The molecule has 158 valence electrons. The maximum atomic E-state index is 13.0. The van der Waals surface area contributed by atoms with Gasteiger partial charge in [-0.1, -0.05) is 5.16 Å². The van der Waals surface area contributed by atoms with Gasteiger partial charge >= 0.3 is 0 Å². The molecule has 1 aliphatic rings. The number of amides is 1. The zero-order valence-electron chi connectivity index (χ0n) is 16.9. The van der Waals surface area contributed by atoms with Crippen LogP contribution in [0.3, 0.4) is 0 Å². The van der Waals surface area contributed by atoms with E-state index in [4.69, 9.17) is 14.0 Å². The van der Waals surface area contributed by atoms with E-state index in [0.29, 0.717) is 42.3 Å². The van der Waals surface area contributed by atoms with E-state index in [1.807, 2.05) is 0 Å². The molecule has 2 heterocycles. The summed E-state index contributed by atoms with van der Waals surface area (Å²) in [5, 5.41) is 6.58. The Hall–Kier alpha value is -2.59. The number of benzene rings is 1. The summed E-state index contributed by atoms with van der Waals surface area (Å²) in [4.78, 5) is 12.9. The monoisotopic (exact) mass is 423 g/mol. The van der Waals surface area contributed by atoms with Crippen LogP contribution in [0.2, 0.25) is 0 Å². The van der Waals surface area contributed by atoms with Crippen molar-refractivity contribution in [3.8, 4) is 11.5 Å². The van der Waals surface area contributed by atoms with Crippen molar-refractivity contribution in [1.29, 1.82) is 0 Å². The lowest BCUT2D eigenvalue weighted by Crippen LogP contribution is -2.43. The van der Waals surface area contributed by atoms with Gasteiger partial charge in [0.05, 0.1) is 20.1 Å². The Morgan fingerprint density at radius 3 is 2.41 bits per heavy atom. The van der Waals surface area contributed by atoms with Gasteiger partial charge in [-0.2, -0.15) is 4.31 Å². The van der Waals surface area contributed by atoms with Crippen LogP contribution in [-0.2, 0) is 14.8 Å².